The molecule has 5 heteroatoms. The summed E-state index contributed by atoms with van der Waals surface area (Å²) in [5.74, 6) is -2.50. The highest BCUT2D eigenvalue weighted by atomic mass is 16.5. The summed E-state index contributed by atoms with van der Waals surface area (Å²) >= 11 is 0. The first-order valence-electron chi connectivity index (χ1n) is 2.24. The third kappa shape index (κ3) is 3.48. The highest BCUT2D eigenvalue weighted by Gasteiger charge is 2.14. The van der Waals surface area contributed by atoms with Crippen molar-refractivity contribution in [1.29, 1.82) is 0 Å². The molecule has 0 aromatic rings. The van der Waals surface area contributed by atoms with Crippen LogP contribution in [0.1, 0.15) is 6.42 Å². The highest BCUT2D eigenvalue weighted by Crippen LogP contribution is 1.86. The van der Waals surface area contributed by atoms with Gasteiger partial charge in [0.1, 0.15) is 6.04 Å². The molecule has 0 saturated heterocycles. The molecule has 0 rings (SSSR count). The molecule has 4 N–H and O–H groups in total. The molecule has 0 aliphatic rings. The maximum absolute atomic E-state index is 9.85. The van der Waals surface area contributed by atoms with Gasteiger partial charge in [0.15, 0.2) is 0 Å². The van der Waals surface area contributed by atoms with Crippen LogP contribution in [-0.4, -0.2) is 28.2 Å². The quantitative estimate of drug-likeness (QED) is 0.426. The van der Waals surface area contributed by atoms with Crippen molar-refractivity contribution >= 4 is 11.9 Å². The van der Waals surface area contributed by atoms with Crippen LogP contribution in [-0.2, 0) is 9.59 Å². The van der Waals surface area contributed by atoms with E-state index in [1.54, 1.807) is 0 Å². The number of nitrogens with two attached hydrogens (primary N) is 1. The smallest absolute Gasteiger partial charge is 0.321 e. The van der Waals surface area contributed by atoms with Crippen LogP contribution in [0.25, 0.3) is 0 Å². The van der Waals surface area contributed by atoms with E-state index in [4.69, 9.17) is 15.9 Å². The Morgan fingerprint density at radius 1 is 1.44 bits per heavy atom. The number of carboxylic acid groups (broad SMARTS) is 2. The first-order valence-corrected chi connectivity index (χ1v) is 2.24. The van der Waals surface area contributed by atoms with Crippen LogP contribution < -0.4 is 5.73 Å². The van der Waals surface area contributed by atoms with Gasteiger partial charge in [0.05, 0.1) is 6.42 Å². The summed E-state index contributed by atoms with van der Waals surface area (Å²) in [6, 6.07) is -1.29. The van der Waals surface area contributed by atoms with Gasteiger partial charge in [-0.1, -0.05) is 0 Å². The highest BCUT2D eigenvalue weighted by molar-refractivity contribution is 5.80. The maximum Gasteiger partial charge on any atom is 0.321 e. The fraction of sp³-hybridized carbons (Fsp3) is 0.500. The van der Waals surface area contributed by atoms with Gasteiger partial charge in [-0.15, -0.1) is 0 Å². The summed E-state index contributed by atoms with van der Waals surface area (Å²) in [5.41, 5.74) is 4.84. The second kappa shape index (κ2) is 3.03. The molecule has 0 aromatic carbocycles. The summed E-state index contributed by atoms with van der Waals surface area (Å²) in [4.78, 5) is 19.6. The lowest BCUT2D eigenvalue weighted by Gasteiger charge is -1.99. The van der Waals surface area contributed by atoms with Crippen molar-refractivity contribution < 1.29 is 19.8 Å². The Balaban J connectivity index is 3.63. The number of carboxylic acids is 2. The zero-order chi connectivity index (χ0) is 7.44. The van der Waals surface area contributed by atoms with Crippen LogP contribution >= 0.6 is 0 Å². The van der Waals surface area contributed by atoms with E-state index in [9.17, 15) is 9.59 Å². The van der Waals surface area contributed by atoms with E-state index in [0.717, 1.165) is 0 Å². The molecule has 0 unspecified atom stereocenters. The van der Waals surface area contributed by atoms with Gasteiger partial charge in [-0.25, -0.2) is 0 Å². The van der Waals surface area contributed by atoms with Crippen LogP contribution in [0.4, 0.5) is 0 Å². The van der Waals surface area contributed by atoms with Crippen molar-refractivity contribution in [3.63, 3.8) is 0 Å². The summed E-state index contributed by atoms with van der Waals surface area (Å²) in [5, 5.41) is 16.0. The van der Waals surface area contributed by atoms with E-state index in [0.29, 0.717) is 0 Å². The Labute approximate surface area is 51.1 Å². The molecule has 0 bridgehead atoms. The predicted octanol–water partition coefficient (Wildman–Crippen LogP) is -1.13. The standard InChI is InChI=1S/C4H7NO4/c5-2(4(8)9)1-3(6)7/h2H,1,5H2,(H,6,7)(H,8,9)/t2-/m0/s1/i2+1,3+1,4+1. The van der Waals surface area contributed by atoms with Gasteiger partial charge in [-0.05, 0) is 0 Å². The summed E-state index contributed by atoms with van der Waals surface area (Å²) < 4.78 is 0. The number of hydrogen-bond donors (Lipinski definition) is 3. The normalized spacial score (nSPS) is 12.6. The molecule has 0 heterocycles. The maximum atomic E-state index is 9.85. The number of carbonyl (C=O) groups is 2. The van der Waals surface area contributed by atoms with E-state index >= 15 is 0 Å². The van der Waals surface area contributed by atoms with Gasteiger partial charge in [0.2, 0.25) is 0 Å². The molecule has 0 fully saturated rings. The molecule has 0 radical (unpaired) electrons. The van der Waals surface area contributed by atoms with Gasteiger partial charge in [-0.2, -0.15) is 0 Å². The van der Waals surface area contributed by atoms with Gasteiger partial charge in [-0.3, -0.25) is 9.59 Å². The van der Waals surface area contributed by atoms with E-state index in [1.165, 1.54) is 0 Å². The van der Waals surface area contributed by atoms with Gasteiger partial charge < -0.3 is 15.9 Å². The molecule has 0 amide bonds. The minimum absolute atomic E-state index is 0.532. The molecule has 1 atom stereocenters. The molecule has 0 aliphatic heterocycles. The molecular formula is C4H7NO4. The fourth-order valence-corrected chi connectivity index (χ4v) is 0.275. The second-order valence-electron chi connectivity index (χ2n) is 1.54. The van der Waals surface area contributed by atoms with Crippen LogP contribution in [0.3, 0.4) is 0 Å². The lowest BCUT2D eigenvalue weighted by Crippen LogP contribution is -2.32. The van der Waals surface area contributed by atoms with Crippen molar-refractivity contribution in [2.75, 3.05) is 0 Å². The SMILES string of the molecule is N[13C@@H](C[13C](=O)O)[13C](=O)O. The molecule has 9 heavy (non-hydrogen) atoms. The molecule has 52 valence electrons. The molecule has 0 spiro atoms. The minimum Gasteiger partial charge on any atom is -0.481 e. The van der Waals surface area contributed by atoms with Crippen molar-refractivity contribution in [3.05, 3.63) is 0 Å². The number of hydrogen-bond acceptors (Lipinski definition) is 3. The Hall–Kier alpha value is -1.10. The minimum atomic E-state index is -1.29. The lowest BCUT2D eigenvalue weighted by molar-refractivity contribution is -0.144. The number of rotatable bonds is 3. The fourth-order valence-electron chi connectivity index (χ4n) is 0.275. The molecule has 0 aromatic heterocycles. The molecule has 5 nitrogen and oxygen atoms in total. The van der Waals surface area contributed by atoms with Crippen molar-refractivity contribution in [3.8, 4) is 0 Å². The molecular weight excluding hydrogens is 129 g/mol. The van der Waals surface area contributed by atoms with Gasteiger partial charge in [0.25, 0.3) is 0 Å². The third-order valence-corrected chi connectivity index (χ3v) is 0.712. The second-order valence-corrected chi connectivity index (χ2v) is 1.54. The number of aliphatic carboxylic acids is 2. The zero-order valence-corrected chi connectivity index (χ0v) is 4.57. The van der Waals surface area contributed by atoms with E-state index < -0.39 is 24.4 Å². The Morgan fingerprint density at radius 2 is 1.89 bits per heavy atom. The summed E-state index contributed by atoms with van der Waals surface area (Å²) in [6.07, 6.45) is -0.532. The van der Waals surface area contributed by atoms with E-state index in [2.05, 4.69) is 0 Å². The lowest BCUT2D eigenvalue weighted by atomic mass is 10.8. The topological polar surface area (TPSA) is 101 Å². The third-order valence-electron chi connectivity index (χ3n) is 0.712. The Kier molecular flexibility index (Phi) is 2.66. The van der Waals surface area contributed by atoms with Gasteiger partial charge >= 0.3 is 11.9 Å². The Morgan fingerprint density at radius 3 is 2.00 bits per heavy atom. The average molecular weight is 136 g/mol. The Bertz CT molecular complexity index is 133. The van der Waals surface area contributed by atoms with Gasteiger partial charge in [0, 0.05) is 0 Å². The largest absolute Gasteiger partial charge is 0.481 e. The summed E-state index contributed by atoms with van der Waals surface area (Å²) in [6.45, 7) is 0. The predicted molar refractivity (Wildman–Crippen MR) is 27.9 cm³/mol. The average Bonchev–Trinajstić information content (AvgIpc) is 1.63. The van der Waals surface area contributed by atoms with Crippen LogP contribution in [0, 0.1) is 0 Å². The van der Waals surface area contributed by atoms with Crippen molar-refractivity contribution in [2.24, 2.45) is 5.73 Å². The summed E-state index contributed by atoms with van der Waals surface area (Å²) in [7, 11) is 0. The van der Waals surface area contributed by atoms with Crippen LogP contribution in [0.5, 0.6) is 0 Å². The van der Waals surface area contributed by atoms with E-state index in [-0.39, 0.29) is 0 Å². The van der Waals surface area contributed by atoms with Crippen molar-refractivity contribution in [2.45, 2.75) is 12.5 Å². The van der Waals surface area contributed by atoms with Crippen LogP contribution in [0.15, 0.2) is 0 Å². The monoisotopic (exact) mass is 136 g/mol. The first kappa shape index (κ1) is 7.90. The molecule has 0 saturated carbocycles. The molecule has 0 aliphatic carbocycles. The van der Waals surface area contributed by atoms with Crippen molar-refractivity contribution in [1.82, 2.24) is 0 Å². The van der Waals surface area contributed by atoms with E-state index in [1.807, 2.05) is 0 Å². The zero-order valence-electron chi connectivity index (χ0n) is 4.57. The van der Waals surface area contributed by atoms with Crippen LogP contribution in [0.2, 0.25) is 0 Å². The first-order chi connectivity index (χ1) is 4.04.